The molecule has 3 atom stereocenters. The molecule has 31 heavy (non-hydrogen) atoms. The van der Waals surface area contributed by atoms with Gasteiger partial charge in [-0.15, -0.1) is 0 Å². The Kier molecular flexibility index (Phi) is 12.7. The van der Waals surface area contributed by atoms with Crippen LogP contribution in [0.1, 0.15) is 98.3 Å². The van der Waals surface area contributed by atoms with Gasteiger partial charge in [-0.3, -0.25) is 9.59 Å². The molecule has 6 heteroatoms. The van der Waals surface area contributed by atoms with E-state index < -0.39 is 11.7 Å². The van der Waals surface area contributed by atoms with Crippen LogP contribution in [0.5, 0.6) is 0 Å². The van der Waals surface area contributed by atoms with Crippen LogP contribution in [-0.2, 0) is 19.1 Å². The zero-order valence-corrected chi connectivity index (χ0v) is 19.8. The molecule has 178 valence electrons. The summed E-state index contributed by atoms with van der Waals surface area (Å²) in [7, 11) is 0. The van der Waals surface area contributed by atoms with Gasteiger partial charge in [0, 0.05) is 26.2 Å². The highest BCUT2D eigenvalue weighted by atomic mass is 16.5. The molecule has 0 fully saturated rings. The zero-order valence-electron chi connectivity index (χ0n) is 19.8. The number of ether oxygens (including phenoxy) is 2. The van der Waals surface area contributed by atoms with Crippen molar-refractivity contribution >= 4 is 11.9 Å². The predicted octanol–water partition coefficient (Wildman–Crippen LogP) is 4.98. The van der Waals surface area contributed by atoms with E-state index in [-0.39, 0.29) is 17.9 Å². The van der Waals surface area contributed by atoms with Crippen LogP contribution in [0.15, 0.2) is 23.5 Å². The Morgan fingerprint density at radius 1 is 1.10 bits per heavy atom. The summed E-state index contributed by atoms with van der Waals surface area (Å²) in [5.41, 5.74) is 0.247. The standard InChI is InChI=1S/C25H42O6/c1-5-6-15-25(4,29)16-12-14-21-22(24(18-23(21)28)31-20(3)27)13-10-8-7-9-11-17-30-19(2)26/h12,14,21,23,28-29H,5-11,13,15-18H2,1-4H3/b14-12+/t21-,23-,25?/m1/s1. The third-order valence-corrected chi connectivity index (χ3v) is 5.70. The third-order valence-electron chi connectivity index (χ3n) is 5.70. The van der Waals surface area contributed by atoms with E-state index in [0.29, 0.717) is 25.2 Å². The summed E-state index contributed by atoms with van der Waals surface area (Å²) in [5, 5.41) is 21.1. The Bertz CT molecular complexity index is 620. The minimum atomic E-state index is -0.745. The minimum absolute atomic E-state index is 0.180. The summed E-state index contributed by atoms with van der Waals surface area (Å²) in [6, 6.07) is 0. The van der Waals surface area contributed by atoms with E-state index in [1.165, 1.54) is 13.8 Å². The number of aliphatic hydroxyl groups is 2. The summed E-state index contributed by atoms with van der Waals surface area (Å²) in [4.78, 5) is 22.3. The first-order valence-corrected chi connectivity index (χ1v) is 11.8. The van der Waals surface area contributed by atoms with E-state index in [9.17, 15) is 19.8 Å². The van der Waals surface area contributed by atoms with Crippen LogP contribution in [-0.4, -0.2) is 40.5 Å². The van der Waals surface area contributed by atoms with Crippen LogP contribution in [0.2, 0.25) is 0 Å². The molecule has 1 aliphatic rings. The molecule has 0 radical (unpaired) electrons. The first-order chi connectivity index (χ1) is 14.7. The van der Waals surface area contributed by atoms with E-state index >= 15 is 0 Å². The molecule has 0 bridgehead atoms. The predicted molar refractivity (Wildman–Crippen MR) is 121 cm³/mol. The molecule has 0 heterocycles. The lowest BCUT2D eigenvalue weighted by Crippen LogP contribution is -2.23. The van der Waals surface area contributed by atoms with Gasteiger partial charge in [-0.25, -0.2) is 0 Å². The molecule has 0 saturated heterocycles. The number of unbranched alkanes of at least 4 members (excludes halogenated alkanes) is 5. The number of hydrogen-bond donors (Lipinski definition) is 2. The molecule has 0 aromatic carbocycles. The quantitative estimate of drug-likeness (QED) is 0.213. The molecule has 6 nitrogen and oxygen atoms in total. The van der Waals surface area contributed by atoms with Crippen LogP contribution in [0, 0.1) is 5.92 Å². The molecule has 2 N–H and O–H groups in total. The number of esters is 2. The molecular weight excluding hydrogens is 396 g/mol. The van der Waals surface area contributed by atoms with Gasteiger partial charge in [-0.05, 0) is 44.6 Å². The molecular formula is C25H42O6. The first-order valence-electron chi connectivity index (χ1n) is 11.8. The smallest absolute Gasteiger partial charge is 0.307 e. The number of aliphatic hydroxyl groups excluding tert-OH is 1. The van der Waals surface area contributed by atoms with Crippen LogP contribution in [0.25, 0.3) is 0 Å². The zero-order chi connectivity index (χ0) is 23.3. The van der Waals surface area contributed by atoms with Crippen molar-refractivity contribution in [3.05, 3.63) is 23.5 Å². The number of rotatable bonds is 15. The fraction of sp³-hybridized carbons (Fsp3) is 0.760. The lowest BCUT2D eigenvalue weighted by Gasteiger charge is -2.22. The van der Waals surface area contributed by atoms with Gasteiger partial charge in [0.05, 0.1) is 18.3 Å². The summed E-state index contributed by atoms with van der Waals surface area (Å²) in [6.07, 6.45) is 12.6. The lowest BCUT2D eigenvalue weighted by atomic mass is 9.91. The van der Waals surface area contributed by atoms with Gasteiger partial charge in [-0.2, -0.15) is 0 Å². The fourth-order valence-electron chi connectivity index (χ4n) is 3.99. The summed E-state index contributed by atoms with van der Waals surface area (Å²) in [6.45, 7) is 7.23. The van der Waals surface area contributed by atoms with Gasteiger partial charge in [0.15, 0.2) is 0 Å². The average Bonchev–Trinajstić information content (AvgIpc) is 2.96. The van der Waals surface area contributed by atoms with Gasteiger partial charge in [0.1, 0.15) is 5.76 Å². The molecule has 0 aliphatic heterocycles. The largest absolute Gasteiger partial charge is 0.466 e. The Hall–Kier alpha value is -1.66. The van der Waals surface area contributed by atoms with Gasteiger partial charge in [0.2, 0.25) is 0 Å². The summed E-state index contributed by atoms with van der Waals surface area (Å²) in [5.74, 6) is -0.185. The van der Waals surface area contributed by atoms with Crippen molar-refractivity contribution in [3.8, 4) is 0 Å². The minimum Gasteiger partial charge on any atom is -0.466 e. The van der Waals surface area contributed by atoms with Crippen LogP contribution < -0.4 is 0 Å². The van der Waals surface area contributed by atoms with Crippen molar-refractivity contribution in [2.45, 2.75) is 110 Å². The number of carbonyl (C=O) groups is 2. The first kappa shape index (κ1) is 27.4. The maximum Gasteiger partial charge on any atom is 0.307 e. The van der Waals surface area contributed by atoms with Crippen molar-refractivity contribution in [1.82, 2.24) is 0 Å². The van der Waals surface area contributed by atoms with E-state index in [1.54, 1.807) is 0 Å². The fourth-order valence-corrected chi connectivity index (χ4v) is 3.99. The van der Waals surface area contributed by atoms with Crippen molar-refractivity contribution in [3.63, 3.8) is 0 Å². The van der Waals surface area contributed by atoms with Crippen molar-refractivity contribution < 1.29 is 29.3 Å². The highest BCUT2D eigenvalue weighted by Crippen LogP contribution is 2.37. The monoisotopic (exact) mass is 438 g/mol. The van der Waals surface area contributed by atoms with E-state index in [4.69, 9.17) is 9.47 Å². The summed E-state index contributed by atoms with van der Waals surface area (Å²) < 4.78 is 10.3. The highest BCUT2D eigenvalue weighted by molar-refractivity contribution is 5.67. The van der Waals surface area contributed by atoms with Crippen LogP contribution in [0.3, 0.4) is 0 Å². The Labute approximate surface area is 187 Å². The lowest BCUT2D eigenvalue weighted by molar-refractivity contribution is -0.141. The number of carbonyl (C=O) groups excluding carboxylic acids is 2. The third kappa shape index (κ3) is 11.5. The van der Waals surface area contributed by atoms with Crippen molar-refractivity contribution in [1.29, 1.82) is 0 Å². The molecule has 1 aliphatic carbocycles. The van der Waals surface area contributed by atoms with Gasteiger partial charge >= 0.3 is 11.9 Å². The van der Waals surface area contributed by atoms with Crippen LogP contribution >= 0.6 is 0 Å². The van der Waals surface area contributed by atoms with Gasteiger partial charge in [0.25, 0.3) is 0 Å². The topological polar surface area (TPSA) is 93.1 Å². The molecule has 1 unspecified atom stereocenters. The van der Waals surface area contributed by atoms with E-state index in [1.807, 2.05) is 19.1 Å². The Morgan fingerprint density at radius 3 is 2.42 bits per heavy atom. The maximum atomic E-state index is 11.5. The van der Waals surface area contributed by atoms with E-state index in [0.717, 1.165) is 63.4 Å². The van der Waals surface area contributed by atoms with Crippen molar-refractivity contribution in [2.24, 2.45) is 5.92 Å². The molecule has 1 rings (SSSR count). The molecule has 0 aromatic rings. The average molecular weight is 439 g/mol. The van der Waals surface area contributed by atoms with Crippen LogP contribution in [0.4, 0.5) is 0 Å². The normalized spacial score (nSPS) is 20.8. The molecule has 0 saturated carbocycles. The molecule has 0 amide bonds. The second kappa shape index (κ2) is 14.4. The van der Waals surface area contributed by atoms with Gasteiger partial charge < -0.3 is 19.7 Å². The Morgan fingerprint density at radius 2 is 1.77 bits per heavy atom. The second-order valence-electron chi connectivity index (χ2n) is 8.93. The molecule has 0 aromatic heterocycles. The highest BCUT2D eigenvalue weighted by Gasteiger charge is 2.33. The SMILES string of the molecule is CCCCC(C)(O)C/C=C/[C@@H]1C(CCCCCCCOC(C)=O)=C(OC(C)=O)C[C@H]1O. The number of hydrogen-bond acceptors (Lipinski definition) is 6. The van der Waals surface area contributed by atoms with E-state index in [2.05, 4.69) is 6.92 Å². The summed E-state index contributed by atoms with van der Waals surface area (Å²) >= 11 is 0. The van der Waals surface area contributed by atoms with Crippen molar-refractivity contribution in [2.75, 3.05) is 6.61 Å². The molecule has 0 spiro atoms. The maximum absolute atomic E-state index is 11.5. The van der Waals surface area contributed by atoms with Gasteiger partial charge in [-0.1, -0.05) is 51.2 Å². The second-order valence-corrected chi connectivity index (χ2v) is 8.93. The Balaban J connectivity index is 2.61.